The number of fused-ring (bicyclic) bond motifs is 1. The van der Waals surface area contributed by atoms with Crippen molar-refractivity contribution in [1.29, 1.82) is 0 Å². The highest BCUT2D eigenvalue weighted by Crippen LogP contribution is 2.17. The minimum absolute atomic E-state index is 0.696. The molecule has 2 aromatic heterocycles. The van der Waals surface area contributed by atoms with Crippen LogP contribution in [-0.4, -0.2) is 9.97 Å². The number of hydrogen-bond acceptors (Lipinski definition) is 3. The molecule has 2 rings (SSSR count). The predicted octanol–water partition coefficient (Wildman–Crippen LogP) is 1.52. The smallest absolute Gasteiger partial charge is 0.0936 e. The van der Waals surface area contributed by atoms with E-state index >= 15 is 0 Å². The molecule has 0 aliphatic rings. The Kier molecular flexibility index (Phi) is 1.43. The third-order valence-corrected chi connectivity index (χ3v) is 1.92. The van der Waals surface area contributed by atoms with Crippen molar-refractivity contribution in [1.82, 2.24) is 9.97 Å². The van der Waals surface area contributed by atoms with Gasteiger partial charge in [-0.15, -0.1) is 0 Å². The Hall–Kier alpha value is -1.64. The Morgan fingerprint density at radius 1 is 1.33 bits per heavy atom. The second-order valence-electron chi connectivity index (χ2n) is 2.71. The molecule has 0 aliphatic carbocycles. The summed E-state index contributed by atoms with van der Waals surface area (Å²) in [6.45, 7) is 1.95. The van der Waals surface area contributed by atoms with Crippen molar-refractivity contribution < 1.29 is 0 Å². The zero-order valence-corrected chi connectivity index (χ0v) is 6.78. The van der Waals surface area contributed by atoms with Crippen molar-refractivity contribution in [2.24, 2.45) is 0 Å². The summed E-state index contributed by atoms with van der Waals surface area (Å²) < 4.78 is 0. The van der Waals surface area contributed by atoms with E-state index in [1.807, 2.05) is 19.1 Å². The maximum absolute atomic E-state index is 5.68. The number of nitrogens with zero attached hydrogens (tertiary/aromatic N) is 2. The highest BCUT2D eigenvalue weighted by Gasteiger charge is 2.00. The number of pyridine rings is 2. The van der Waals surface area contributed by atoms with Gasteiger partial charge in [-0.05, 0) is 19.1 Å². The summed E-state index contributed by atoms with van der Waals surface area (Å²) in [4.78, 5) is 8.35. The van der Waals surface area contributed by atoms with Gasteiger partial charge >= 0.3 is 0 Å². The highest BCUT2D eigenvalue weighted by atomic mass is 14.8. The van der Waals surface area contributed by atoms with Crippen LogP contribution in [-0.2, 0) is 0 Å². The average molecular weight is 159 g/mol. The zero-order chi connectivity index (χ0) is 8.55. The largest absolute Gasteiger partial charge is 0.397 e. The minimum atomic E-state index is 0.696. The van der Waals surface area contributed by atoms with Crippen molar-refractivity contribution in [3.63, 3.8) is 0 Å². The fourth-order valence-electron chi connectivity index (χ4n) is 1.16. The molecule has 0 saturated carbocycles. The van der Waals surface area contributed by atoms with Crippen molar-refractivity contribution >= 4 is 16.7 Å². The van der Waals surface area contributed by atoms with Crippen LogP contribution in [0, 0.1) is 6.92 Å². The summed E-state index contributed by atoms with van der Waals surface area (Å²) >= 11 is 0. The van der Waals surface area contributed by atoms with E-state index < -0.39 is 0 Å². The van der Waals surface area contributed by atoms with Crippen LogP contribution < -0.4 is 5.73 Å². The van der Waals surface area contributed by atoms with E-state index in [9.17, 15) is 0 Å². The fourth-order valence-corrected chi connectivity index (χ4v) is 1.16. The number of aromatic nitrogens is 2. The Morgan fingerprint density at radius 2 is 2.17 bits per heavy atom. The van der Waals surface area contributed by atoms with Gasteiger partial charge in [-0.1, -0.05) is 0 Å². The van der Waals surface area contributed by atoms with Crippen molar-refractivity contribution in [2.75, 3.05) is 5.73 Å². The van der Waals surface area contributed by atoms with Crippen LogP contribution in [0.4, 0.5) is 5.69 Å². The van der Waals surface area contributed by atoms with Gasteiger partial charge in [0.05, 0.1) is 22.9 Å². The van der Waals surface area contributed by atoms with Crippen LogP contribution in [0.1, 0.15) is 5.56 Å². The highest BCUT2D eigenvalue weighted by molar-refractivity contribution is 5.81. The minimum Gasteiger partial charge on any atom is -0.397 e. The lowest BCUT2D eigenvalue weighted by atomic mass is 10.2. The molecule has 0 fully saturated rings. The van der Waals surface area contributed by atoms with Crippen molar-refractivity contribution in [3.05, 3.63) is 30.1 Å². The van der Waals surface area contributed by atoms with Gasteiger partial charge in [-0.3, -0.25) is 9.97 Å². The molecular weight excluding hydrogens is 150 g/mol. The molecule has 2 heterocycles. The van der Waals surface area contributed by atoms with Gasteiger partial charge in [0, 0.05) is 11.8 Å². The second-order valence-corrected chi connectivity index (χ2v) is 2.71. The van der Waals surface area contributed by atoms with Crippen molar-refractivity contribution in [3.8, 4) is 0 Å². The molecule has 2 N–H and O–H groups in total. The normalized spacial score (nSPS) is 10.4. The van der Waals surface area contributed by atoms with E-state index in [0.29, 0.717) is 5.69 Å². The molecule has 3 heteroatoms. The predicted molar refractivity (Wildman–Crippen MR) is 48.7 cm³/mol. The molecule has 3 nitrogen and oxygen atoms in total. The SMILES string of the molecule is Cc1c(N)cnc2cccnc12. The lowest BCUT2D eigenvalue weighted by Crippen LogP contribution is -1.93. The number of hydrogen-bond donors (Lipinski definition) is 1. The zero-order valence-electron chi connectivity index (χ0n) is 6.78. The molecule has 2 aromatic rings. The number of anilines is 1. The maximum atomic E-state index is 5.68. The number of nitrogen functional groups attached to an aromatic ring is 1. The molecule has 0 aromatic carbocycles. The molecule has 0 amide bonds. The van der Waals surface area contributed by atoms with E-state index in [-0.39, 0.29) is 0 Å². The van der Waals surface area contributed by atoms with E-state index in [0.717, 1.165) is 16.6 Å². The average Bonchev–Trinajstić information content (AvgIpc) is 2.12. The molecule has 0 aliphatic heterocycles. The molecule has 0 unspecified atom stereocenters. The van der Waals surface area contributed by atoms with Gasteiger partial charge in [0.1, 0.15) is 0 Å². The first-order valence-corrected chi connectivity index (χ1v) is 3.75. The van der Waals surface area contributed by atoms with E-state index in [1.54, 1.807) is 12.4 Å². The number of nitrogens with two attached hydrogens (primary N) is 1. The molecule has 0 bridgehead atoms. The van der Waals surface area contributed by atoms with Gasteiger partial charge in [-0.2, -0.15) is 0 Å². The fraction of sp³-hybridized carbons (Fsp3) is 0.111. The topological polar surface area (TPSA) is 51.8 Å². The van der Waals surface area contributed by atoms with Gasteiger partial charge in [0.2, 0.25) is 0 Å². The van der Waals surface area contributed by atoms with E-state index in [2.05, 4.69) is 9.97 Å². The van der Waals surface area contributed by atoms with Crippen LogP contribution in [0.3, 0.4) is 0 Å². The monoisotopic (exact) mass is 159 g/mol. The summed E-state index contributed by atoms with van der Waals surface area (Å²) in [6, 6.07) is 3.79. The summed E-state index contributed by atoms with van der Waals surface area (Å²) in [5.41, 5.74) is 9.16. The summed E-state index contributed by atoms with van der Waals surface area (Å²) in [7, 11) is 0. The molecule has 0 saturated heterocycles. The molecule has 0 radical (unpaired) electrons. The molecule has 0 atom stereocenters. The van der Waals surface area contributed by atoms with E-state index in [4.69, 9.17) is 5.73 Å². The van der Waals surface area contributed by atoms with E-state index in [1.165, 1.54) is 0 Å². The number of aryl methyl sites for hydroxylation is 1. The summed E-state index contributed by atoms with van der Waals surface area (Å²) in [5.74, 6) is 0. The van der Waals surface area contributed by atoms with Crippen LogP contribution in [0.2, 0.25) is 0 Å². The summed E-state index contributed by atoms with van der Waals surface area (Å²) in [6.07, 6.45) is 3.41. The Morgan fingerprint density at radius 3 is 3.00 bits per heavy atom. The molecule has 0 spiro atoms. The molecular formula is C9H9N3. The maximum Gasteiger partial charge on any atom is 0.0936 e. The second kappa shape index (κ2) is 2.44. The third kappa shape index (κ3) is 0.906. The van der Waals surface area contributed by atoms with Gasteiger partial charge in [0.15, 0.2) is 0 Å². The lowest BCUT2D eigenvalue weighted by Gasteiger charge is -2.01. The van der Waals surface area contributed by atoms with Crippen LogP contribution in [0.25, 0.3) is 11.0 Å². The van der Waals surface area contributed by atoms with Gasteiger partial charge in [-0.25, -0.2) is 0 Å². The third-order valence-electron chi connectivity index (χ3n) is 1.92. The lowest BCUT2D eigenvalue weighted by molar-refractivity contribution is 1.30. The van der Waals surface area contributed by atoms with Crippen LogP contribution in [0.15, 0.2) is 24.5 Å². The van der Waals surface area contributed by atoms with Crippen LogP contribution >= 0.6 is 0 Å². The number of rotatable bonds is 0. The molecule has 12 heavy (non-hydrogen) atoms. The Bertz CT molecular complexity index is 423. The first-order chi connectivity index (χ1) is 5.79. The summed E-state index contributed by atoms with van der Waals surface area (Å²) in [5, 5.41) is 0. The van der Waals surface area contributed by atoms with Crippen molar-refractivity contribution in [2.45, 2.75) is 6.92 Å². The first kappa shape index (κ1) is 7.03. The standard InChI is InChI=1S/C9H9N3/c1-6-7(10)5-12-8-3-2-4-11-9(6)8/h2-5H,10H2,1H3. The Labute approximate surface area is 70.3 Å². The first-order valence-electron chi connectivity index (χ1n) is 3.75. The van der Waals surface area contributed by atoms with Crippen LogP contribution in [0.5, 0.6) is 0 Å². The quantitative estimate of drug-likeness (QED) is 0.634. The van der Waals surface area contributed by atoms with Gasteiger partial charge in [0.25, 0.3) is 0 Å². The van der Waals surface area contributed by atoms with Gasteiger partial charge < -0.3 is 5.73 Å². The Balaban J connectivity index is 2.91. The molecule has 60 valence electrons.